The molecule has 7 heteroatoms. The highest BCUT2D eigenvalue weighted by Crippen LogP contribution is 2.21. The van der Waals surface area contributed by atoms with E-state index in [0.29, 0.717) is 18.0 Å². The molecule has 1 saturated heterocycles. The molecule has 2 N–H and O–H groups in total. The zero-order valence-corrected chi connectivity index (χ0v) is 13.8. The third kappa shape index (κ3) is 5.18. The Balaban J connectivity index is 1.80. The number of sulfonamides is 1. The van der Waals surface area contributed by atoms with Gasteiger partial charge in [0.1, 0.15) is 0 Å². The van der Waals surface area contributed by atoms with Gasteiger partial charge >= 0.3 is 0 Å². The predicted octanol–water partition coefficient (Wildman–Crippen LogP) is 1.80. The van der Waals surface area contributed by atoms with E-state index in [1.807, 2.05) is 24.3 Å². The number of nitrogen functional groups attached to an aromatic ring is 1. The summed E-state index contributed by atoms with van der Waals surface area (Å²) in [6.45, 7) is 1.19. The Labute approximate surface area is 130 Å². The van der Waals surface area contributed by atoms with Crippen LogP contribution in [0.3, 0.4) is 0 Å². The van der Waals surface area contributed by atoms with Crippen molar-refractivity contribution in [3.05, 3.63) is 24.3 Å². The molecule has 0 amide bonds. The number of benzene rings is 1. The standard InChI is InChI=1S/C14H22N2O3S2/c1-16(11-13-5-3-7-19-13)21(17,18)9-8-20-14-6-2-4-12(15)10-14/h2,4,6,10,13H,3,5,7-9,11,15H2,1H3. The number of hydrogen-bond donors (Lipinski definition) is 1. The Morgan fingerprint density at radius 1 is 1.48 bits per heavy atom. The minimum Gasteiger partial charge on any atom is -0.399 e. The first-order chi connectivity index (χ1) is 9.97. The minimum atomic E-state index is -3.23. The van der Waals surface area contributed by atoms with E-state index in [0.717, 1.165) is 24.3 Å². The fourth-order valence-electron chi connectivity index (χ4n) is 2.21. The summed E-state index contributed by atoms with van der Waals surface area (Å²) in [7, 11) is -1.60. The van der Waals surface area contributed by atoms with Crippen molar-refractivity contribution in [2.24, 2.45) is 0 Å². The zero-order valence-electron chi connectivity index (χ0n) is 12.2. The summed E-state index contributed by atoms with van der Waals surface area (Å²) < 4.78 is 31.3. The second-order valence-corrected chi connectivity index (χ2v) is 8.52. The fraction of sp³-hybridized carbons (Fsp3) is 0.571. The van der Waals surface area contributed by atoms with Crippen molar-refractivity contribution in [3.8, 4) is 0 Å². The molecule has 0 saturated carbocycles. The maximum Gasteiger partial charge on any atom is 0.214 e. The first kappa shape index (κ1) is 16.6. The normalized spacial score (nSPS) is 19.2. The second-order valence-electron chi connectivity index (χ2n) is 5.15. The fourth-order valence-corrected chi connectivity index (χ4v) is 4.72. The maximum atomic E-state index is 12.2. The van der Waals surface area contributed by atoms with Crippen LogP contribution in [-0.2, 0) is 14.8 Å². The van der Waals surface area contributed by atoms with E-state index in [4.69, 9.17) is 10.5 Å². The average molecular weight is 330 g/mol. The number of hydrogen-bond acceptors (Lipinski definition) is 5. The van der Waals surface area contributed by atoms with Crippen LogP contribution < -0.4 is 5.73 Å². The molecule has 21 heavy (non-hydrogen) atoms. The van der Waals surface area contributed by atoms with Gasteiger partial charge in [-0.25, -0.2) is 12.7 Å². The summed E-state index contributed by atoms with van der Waals surface area (Å²) in [5, 5.41) is 0. The first-order valence-electron chi connectivity index (χ1n) is 7.01. The molecule has 5 nitrogen and oxygen atoms in total. The summed E-state index contributed by atoms with van der Waals surface area (Å²) in [5.41, 5.74) is 6.39. The van der Waals surface area contributed by atoms with Crippen molar-refractivity contribution < 1.29 is 13.2 Å². The summed E-state index contributed by atoms with van der Waals surface area (Å²) >= 11 is 1.50. The van der Waals surface area contributed by atoms with Gasteiger partial charge in [-0.3, -0.25) is 0 Å². The van der Waals surface area contributed by atoms with Gasteiger partial charge in [0.2, 0.25) is 10.0 Å². The highest BCUT2D eigenvalue weighted by atomic mass is 32.2. The molecule has 0 radical (unpaired) electrons. The van der Waals surface area contributed by atoms with Crippen LogP contribution in [0, 0.1) is 0 Å². The molecule has 1 aliphatic rings. The van der Waals surface area contributed by atoms with Gasteiger partial charge in [0, 0.05) is 36.5 Å². The lowest BCUT2D eigenvalue weighted by molar-refractivity contribution is 0.0979. The van der Waals surface area contributed by atoms with Crippen molar-refractivity contribution in [2.45, 2.75) is 23.8 Å². The minimum absolute atomic E-state index is 0.0475. The Kier molecular flexibility index (Phi) is 5.92. The van der Waals surface area contributed by atoms with Crippen LogP contribution in [0.25, 0.3) is 0 Å². The van der Waals surface area contributed by atoms with Gasteiger partial charge in [-0.2, -0.15) is 0 Å². The molecule has 1 fully saturated rings. The van der Waals surface area contributed by atoms with Crippen LogP contribution in [0.5, 0.6) is 0 Å². The average Bonchev–Trinajstić information content (AvgIpc) is 2.91. The van der Waals surface area contributed by atoms with Crippen LogP contribution >= 0.6 is 11.8 Å². The number of rotatable bonds is 7. The molecule has 2 rings (SSSR count). The largest absolute Gasteiger partial charge is 0.399 e. The number of likely N-dealkylation sites (N-methyl/N-ethyl adjacent to an activating group) is 1. The van der Waals surface area contributed by atoms with Gasteiger partial charge in [-0.05, 0) is 31.0 Å². The van der Waals surface area contributed by atoms with Crippen molar-refractivity contribution >= 4 is 27.5 Å². The molecule has 1 aliphatic heterocycles. The summed E-state index contributed by atoms with van der Waals surface area (Å²) in [4.78, 5) is 0.993. The van der Waals surface area contributed by atoms with Crippen LogP contribution in [0.1, 0.15) is 12.8 Å². The maximum absolute atomic E-state index is 12.2. The molecule has 1 atom stereocenters. The van der Waals surface area contributed by atoms with Crippen LogP contribution in [0.4, 0.5) is 5.69 Å². The van der Waals surface area contributed by atoms with Gasteiger partial charge in [0.05, 0.1) is 11.9 Å². The quantitative estimate of drug-likeness (QED) is 0.610. The molecule has 1 aromatic rings. The molecule has 118 valence electrons. The highest BCUT2D eigenvalue weighted by Gasteiger charge is 2.24. The first-order valence-corrected chi connectivity index (χ1v) is 9.61. The number of anilines is 1. The lowest BCUT2D eigenvalue weighted by atomic mass is 10.2. The molecule has 1 heterocycles. The lowest BCUT2D eigenvalue weighted by Gasteiger charge is -2.20. The Bertz CT molecular complexity index is 557. The SMILES string of the molecule is CN(CC1CCCO1)S(=O)(=O)CCSc1cccc(N)c1. The van der Waals surface area contributed by atoms with Crippen LogP contribution in [0.2, 0.25) is 0 Å². The number of nitrogens with zero attached hydrogens (tertiary/aromatic N) is 1. The third-order valence-corrected chi connectivity index (χ3v) is 6.50. The molecule has 1 unspecified atom stereocenters. The summed E-state index contributed by atoms with van der Waals surface area (Å²) in [6, 6.07) is 7.48. The van der Waals surface area contributed by atoms with Crippen molar-refractivity contribution in [1.29, 1.82) is 0 Å². The van der Waals surface area contributed by atoms with Gasteiger partial charge < -0.3 is 10.5 Å². The molecular formula is C14H22N2O3S2. The van der Waals surface area contributed by atoms with Gasteiger partial charge in [-0.15, -0.1) is 11.8 Å². The molecule has 0 aromatic heterocycles. The van der Waals surface area contributed by atoms with E-state index >= 15 is 0 Å². The van der Waals surface area contributed by atoms with E-state index in [2.05, 4.69) is 0 Å². The Morgan fingerprint density at radius 3 is 2.95 bits per heavy atom. The summed E-state index contributed by atoms with van der Waals surface area (Å²) in [5.74, 6) is 0.636. The molecule has 0 spiro atoms. The molecular weight excluding hydrogens is 308 g/mol. The monoisotopic (exact) mass is 330 g/mol. The van der Waals surface area contributed by atoms with E-state index in [9.17, 15) is 8.42 Å². The molecule has 1 aromatic carbocycles. The van der Waals surface area contributed by atoms with Crippen molar-refractivity contribution in [3.63, 3.8) is 0 Å². The van der Waals surface area contributed by atoms with Crippen LogP contribution in [0.15, 0.2) is 29.2 Å². The predicted molar refractivity (Wildman–Crippen MR) is 87.0 cm³/mol. The number of ether oxygens (including phenoxy) is 1. The van der Waals surface area contributed by atoms with Crippen molar-refractivity contribution in [1.82, 2.24) is 4.31 Å². The van der Waals surface area contributed by atoms with Gasteiger partial charge in [0.25, 0.3) is 0 Å². The van der Waals surface area contributed by atoms with Crippen molar-refractivity contribution in [2.75, 3.05) is 37.4 Å². The zero-order chi connectivity index (χ0) is 15.3. The van der Waals surface area contributed by atoms with Gasteiger partial charge in [-0.1, -0.05) is 6.07 Å². The lowest BCUT2D eigenvalue weighted by Crippen LogP contribution is -2.36. The second kappa shape index (κ2) is 7.49. The number of nitrogens with two attached hydrogens (primary N) is 1. The smallest absolute Gasteiger partial charge is 0.214 e. The summed E-state index contributed by atoms with van der Waals surface area (Å²) in [6.07, 6.45) is 2.01. The van der Waals surface area contributed by atoms with E-state index in [1.165, 1.54) is 16.1 Å². The molecule has 0 bridgehead atoms. The van der Waals surface area contributed by atoms with Gasteiger partial charge in [0.15, 0.2) is 0 Å². The van der Waals surface area contributed by atoms with E-state index in [1.54, 1.807) is 7.05 Å². The Hall–Kier alpha value is -0.760. The van der Waals surface area contributed by atoms with E-state index in [-0.39, 0.29) is 11.9 Å². The Morgan fingerprint density at radius 2 is 2.29 bits per heavy atom. The third-order valence-electron chi connectivity index (χ3n) is 3.43. The topological polar surface area (TPSA) is 72.6 Å². The molecule has 0 aliphatic carbocycles. The van der Waals surface area contributed by atoms with Crippen LogP contribution in [-0.4, -0.2) is 50.5 Å². The highest BCUT2D eigenvalue weighted by molar-refractivity contribution is 8.00. The van der Waals surface area contributed by atoms with E-state index < -0.39 is 10.0 Å². The number of thioether (sulfide) groups is 1.